The molecule has 35 heavy (non-hydrogen) atoms. The quantitative estimate of drug-likeness (QED) is 0.431. The van der Waals surface area contributed by atoms with Gasteiger partial charge in [0.05, 0.1) is 17.2 Å². The van der Waals surface area contributed by atoms with Crippen LogP contribution >= 0.6 is 11.8 Å². The van der Waals surface area contributed by atoms with Gasteiger partial charge in [0.2, 0.25) is 0 Å². The van der Waals surface area contributed by atoms with E-state index in [4.69, 9.17) is 4.74 Å². The minimum absolute atomic E-state index is 0.0644. The Morgan fingerprint density at radius 3 is 2.03 bits per heavy atom. The molecule has 1 heterocycles. The summed E-state index contributed by atoms with van der Waals surface area (Å²) in [6, 6.07) is 11.5. The van der Waals surface area contributed by atoms with E-state index in [2.05, 4.69) is 46.5 Å². The number of rotatable bonds is 4. The predicted octanol–water partition coefficient (Wildman–Crippen LogP) is 7.49. The topological polar surface area (TPSA) is 79.1 Å². The van der Waals surface area contributed by atoms with Crippen LogP contribution in [0.4, 0.5) is 5.69 Å². The van der Waals surface area contributed by atoms with E-state index in [1.807, 2.05) is 49.4 Å². The number of hydrogen-bond acceptors (Lipinski definition) is 6. The number of aliphatic hydroxyl groups excluding tert-OH is 1. The molecule has 2 aromatic carbocycles. The molecular formula is C29H35NO4S. The number of aromatic hydroxyl groups is 1. The maximum absolute atomic E-state index is 12.7. The number of esters is 1. The second kappa shape index (κ2) is 9.94. The Balaban J connectivity index is 2.17. The predicted molar refractivity (Wildman–Crippen MR) is 146 cm³/mol. The number of thioether (sulfide) groups is 1. The van der Waals surface area contributed by atoms with Gasteiger partial charge in [-0.05, 0) is 60.6 Å². The van der Waals surface area contributed by atoms with Crippen molar-refractivity contribution in [3.8, 4) is 5.75 Å². The van der Waals surface area contributed by atoms with E-state index < -0.39 is 5.97 Å². The Bertz CT molecular complexity index is 1190. The van der Waals surface area contributed by atoms with Crippen LogP contribution < -0.4 is 0 Å². The summed E-state index contributed by atoms with van der Waals surface area (Å²) in [6.45, 7) is 16.2. The first-order valence-electron chi connectivity index (χ1n) is 11.8. The lowest BCUT2D eigenvalue weighted by Crippen LogP contribution is -2.17. The van der Waals surface area contributed by atoms with Crippen molar-refractivity contribution in [2.45, 2.75) is 66.2 Å². The molecule has 0 amide bonds. The molecule has 0 radical (unpaired) electrons. The van der Waals surface area contributed by atoms with Gasteiger partial charge in [-0.15, -0.1) is 0 Å². The maximum atomic E-state index is 12.7. The van der Waals surface area contributed by atoms with Crippen LogP contribution in [-0.4, -0.2) is 27.8 Å². The SMILES string of the molecule is CCOC(=O)C1=C(O)/C(=C\c2cc(C(C)(C)C)c(O)c(C(C)(C)C)c2)SC1=Nc1ccc(C)cc1. The van der Waals surface area contributed by atoms with Crippen molar-refractivity contribution in [2.24, 2.45) is 4.99 Å². The maximum Gasteiger partial charge on any atom is 0.344 e. The summed E-state index contributed by atoms with van der Waals surface area (Å²) in [7, 11) is 0. The van der Waals surface area contributed by atoms with Crippen LogP contribution in [0, 0.1) is 6.92 Å². The van der Waals surface area contributed by atoms with Crippen molar-refractivity contribution in [1.82, 2.24) is 0 Å². The molecule has 1 aliphatic rings. The van der Waals surface area contributed by atoms with Crippen LogP contribution in [0.15, 0.2) is 57.6 Å². The van der Waals surface area contributed by atoms with E-state index in [0.29, 0.717) is 21.4 Å². The van der Waals surface area contributed by atoms with Gasteiger partial charge in [0, 0.05) is 11.1 Å². The average molecular weight is 494 g/mol. The summed E-state index contributed by atoms with van der Waals surface area (Å²) >= 11 is 1.23. The molecule has 0 spiro atoms. The summed E-state index contributed by atoms with van der Waals surface area (Å²) in [5.41, 5.74) is 3.75. The number of carbonyl (C=O) groups is 1. The summed E-state index contributed by atoms with van der Waals surface area (Å²) in [4.78, 5) is 17.9. The van der Waals surface area contributed by atoms with E-state index in [0.717, 1.165) is 22.3 Å². The lowest BCUT2D eigenvalue weighted by Gasteiger charge is -2.28. The van der Waals surface area contributed by atoms with E-state index in [-0.39, 0.29) is 28.8 Å². The zero-order valence-electron chi connectivity index (χ0n) is 21.8. The Labute approximate surface area is 212 Å². The number of carbonyl (C=O) groups excluding carboxylic acids is 1. The first-order chi connectivity index (χ1) is 16.2. The first kappa shape index (κ1) is 26.6. The Morgan fingerprint density at radius 2 is 1.54 bits per heavy atom. The van der Waals surface area contributed by atoms with Crippen LogP contribution in [-0.2, 0) is 20.4 Å². The van der Waals surface area contributed by atoms with E-state index in [9.17, 15) is 15.0 Å². The fraction of sp³-hybridized carbons (Fsp3) is 0.379. The number of hydrogen-bond donors (Lipinski definition) is 2. The molecule has 0 aliphatic carbocycles. The molecule has 186 valence electrons. The molecule has 0 saturated heterocycles. The third kappa shape index (κ3) is 5.99. The number of aliphatic hydroxyl groups is 1. The number of aliphatic imine (C=N–C) groups is 1. The standard InChI is InChI=1S/C29H35NO4S/c1-9-34-27(33)23-25(32)22(35-26(23)30-19-12-10-17(2)11-13-19)16-18-14-20(28(3,4)5)24(31)21(15-18)29(6,7)8/h10-16,31-32H,9H2,1-8H3/b22-16+,30-26?. The van der Waals surface area contributed by atoms with Gasteiger partial charge in [-0.2, -0.15) is 0 Å². The number of phenolic OH excluding ortho intramolecular Hbond substituents is 1. The minimum Gasteiger partial charge on any atom is -0.507 e. The summed E-state index contributed by atoms with van der Waals surface area (Å²) in [5, 5.41) is 22.5. The van der Waals surface area contributed by atoms with Gasteiger partial charge >= 0.3 is 5.97 Å². The van der Waals surface area contributed by atoms with Crippen LogP contribution in [0.3, 0.4) is 0 Å². The zero-order chi connectivity index (χ0) is 26.1. The lowest BCUT2D eigenvalue weighted by molar-refractivity contribution is -0.138. The third-order valence-corrected chi connectivity index (χ3v) is 6.70. The van der Waals surface area contributed by atoms with Crippen LogP contribution in [0.1, 0.15) is 70.7 Å². The Kier molecular flexibility index (Phi) is 7.56. The summed E-state index contributed by atoms with van der Waals surface area (Å²) < 4.78 is 5.21. The molecule has 2 aromatic rings. The molecule has 0 atom stereocenters. The van der Waals surface area contributed by atoms with Gasteiger partial charge in [0.15, 0.2) is 0 Å². The van der Waals surface area contributed by atoms with Gasteiger partial charge in [0.1, 0.15) is 22.1 Å². The van der Waals surface area contributed by atoms with Crippen molar-refractivity contribution in [1.29, 1.82) is 0 Å². The largest absolute Gasteiger partial charge is 0.507 e. The van der Waals surface area contributed by atoms with Gasteiger partial charge in [-0.25, -0.2) is 9.79 Å². The van der Waals surface area contributed by atoms with Crippen molar-refractivity contribution >= 4 is 34.5 Å². The van der Waals surface area contributed by atoms with Gasteiger partial charge in [-0.3, -0.25) is 0 Å². The third-order valence-electron chi connectivity index (χ3n) is 5.68. The van der Waals surface area contributed by atoms with E-state index in [1.54, 1.807) is 6.92 Å². The molecule has 5 nitrogen and oxygen atoms in total. The number of aryl methyl sites for hydroxylation is 1. The number of ether oxygens (including phenoxy) is 1. The highest BCUT2D eigenvalue weighted by atomic mass is 32.2. The van der Waals surface area contributed by atoms with Gasteiger partial charge in [0.25, 0.3) is 0 Å². The fourth-order valence-electron chi connectivity index (χ4n) is 3.76. The molecule has 1 aliphatic heterocycles. The Hall–Kier alpha value is -2.99. The van der Waals surface area contributed by atoms with Crippen LogP contribution in [0.25, 0.3) is 6.08 Å². The highest BCUT2D eigenvalue weighted by molar-refractivity contribution is 8.18. The van der Waals surface area contributed by atoms with Crippen molar-refractivity contribution in [3.63, 3.8) is 0 Å². The molecule has 6 heteroatoms. The molecule has 0 fully saturated rings. The smallest absolute Gasteiger partial charge is 0.344 e. The normalized spacial score (nSPS) is 16.9. The first-order valence-corrected chi connectivity index (χ1v) is 12.6. The van der Waals surface area contributed by atoms with Crippen LogP contribution in [0.5, 0.6) is 5.75 Å². The molecule has 3 rings (SSSR count). The van der Waals surface area contributed by atoms with Crippen LogP contribution in [0.2, 0.25) is 0 Å². The summed E-state index contributed by atoms with van der Waals surface area (Å²) in [6.07, 6.45) is 1.83. The fourth-order valence-corrected chi connectivity index (χ4v) is 4.80. The Morgan fingerprint density at radius 1 is 1.00 bits per heavy atom. The zero-order valence-corrected chi connectivity index (χ0v) is 22.6. The molecule has 0 aromatic heterocycles. The second-order valence-corrected chi connectivity index (χ2v) is 11.8. The van der Waals surface area contributed by atoms with Crippen molar-refractivity contribution in [2.75, 3.05) is 6.61 Å². The monoisotopic (exact) mass is 493 g/mol. The number of nitrogens with zero attached hydrogens (tertiary/aromatic N) is 1. The van der Waals surface area contributed by atoms with Crippen molar-refractivity contribution in [3.05, 3.63) is 74.9 Å². The summed E-state index contributed by atoms with van der Waals surface area (Å²) in [5.74, 6) is -0.468. The minimum atomic E-state index is -0.608. The van der Waals surface area contributed by atoms with Gasteiger partial charge in [-0.1, -0.05) is 71.0 Å². The molecule has 2 N–H and O–H groups in total. The highest BCUT2D eigenvalue weighted by Crippen LogP contribution is 2.43. The number of benzene rings is 2. The molecule has 0 unspecified atom stereocenters. The molecule has 0 bridgehead atoms. The molecule has 0 saturated carbocycles. The number of phenols is 1. The highest BCUT2D eigenvalue weighted by Gasteiger charge is 2.34. The van der Waals surface area contributed by atoms with Gasteiger partial charge < -0.3 is 14.9 Å². The van der Waals surface area contributed by atoms with Crippen molar-refractivity contribution < 1.29 is 19.7 Å². The second-order valence-electron chi connectivity index (χ2n) is 10.8. The van der Waals surface area contributed by atoms with E-state index >= 15 is 0 Å². The average Bonchev–Trinajstić information content (AvgIpc) is 3.04. The lowest BCUT2D eigenvalue weighted by atomic mass is 9.78. The molecular weight excluding hydrogens is 458 g/mol. The van der Waals surface area contributed by atoms with E-state index in [1.165, 1.54) is 11.8 Å².